The van der Waals surface area contributed by atoms with E-state index in [1.165, 1.54) is 12.1 Å². The largest absolute Gasteiger partial charge is 0.308 e. The Labute approximate surface area is 160 Å². The molecule has 1 aromatic heterocycles. The number of rotatable bonds is 5. The van der Waals surface area contributed by atoms with Crippen molar-refractivity contribution in [3.8, 4) is 5.69 Å². The molecule has 1 heterocycles. The second kappa shape index (κ2) is 7.70. The summed E-state index contributed by atoms with van der Waals surface area (Å²) < 4.78 is 28.0. The highest BCUT2D eigenvalue weighted by molar-refractivity contribution is 6.30. The van der Waals surface area contributed by atoms with Gasteiger partial charge < -0.3 is 5.32 Å². The molecule has 8 heteroatoms. The maximum absolute atomic E-state index is 13.3. The fourth-order valence-electron chi connectivity index (χ4n) is 2.87. The summed E-state index contributed by atoms with van der Waals surface area (Å²) in [5, 5.41) is 12.3. The van der Waals surface area contributed by atoms with Crippen LogP contribution in [-0.4, -0.2) is 21.0 Å². The average Bonchev–Trinajstić information content (AvgIpc) is 3.24. The highest BCUT2D eigenvalue weighted by Crippen LogP contribution is 2.41. The van der Waals surface area contributed by atoms with Gasteiger partial charge in [0.05, 0.1) is 17.6 Å². The third-order valence-corrected chi connectivity index (χ3v) is 4.59. The van der Waals surface area contributed by atoms with Gasteiger partial charge in [-0.2, -0.15) is 0 Å². The van der Waals surface area contributed by atoms with Gasteiger partial charge in [0.15, 0.2) is 11.6 Å². The Kier molecular flexibility index (Phi) is 5.55. The third kappa shape index (κ3) is 4.03. The van der Waals surface area contributed by atoms with Crippen LogP contribution in [0.1, 0.15) is 23.6 Å². The van der Waals surface area contributed by atoms with E-state index >= 15 is 0 Å². The van der Waals surface area contributed by atoms with Crippen molar-refractivity contribution in [2.24, 2.45) is 0 Å². The minimum absolute atomic E-state index is 0. The minimum Gasteiger partial charge on any atom is -0.308 e. The molecular weight excluding hydrogens is 381 g/mol. The van der Waals surface area contributed by atoms with Crippen LogP contribution in [0.15, 0.2) is 48.7 Å². The van der Waals surface area contributed by atoms with Gasteiger partial charge in [-0.3, -0.25) is 0 Å². The van der Waals surface area contributed by atoms with Gasteiger partial charge in [-0.25, -0.2) is 13.5 Å². The van der Waals surface area contributed by atoms with E-state index in [0.29, 0.717) is 11.6 Å². The molecule has 136 valence electrons. The van der Waals surface area contributed by atoms with Gasteiger partial charge in [0.1, 0.15) is 0 Å². The Morgan fingerprint density at radius 1 is 1.12 bits per heavy atom. The second-order valence-corrected chi connectivity index (χ2v) is 6.57. The first-order valence-corrected chi connectivity index (χ1v) is 8.33. The lowest BCUT2D eigenvalue weighted by atomic mass is 10.1. The fourth-order valence-corrected chi connectivity index (χ4v) is 2.99. The standard InChI is InChI=1S/C18H15ClF2N4.ClH/c19-12-2-4-14(5-3-12)25-10-13(23-24-25)9-22-18-8-15(18)11-1-6-16(20)17(21)7-11;/h1-7,10,15,18,22H,8-9H2;1H/t15-,18+;/m0./s1. The van der Waals surface area contributed by atoms with Gasteiger partial charge in [0, 0.05) is 23.5 Å². The molecule has 1 aliphatic rings. The van der Waals surface area contributed by atoms with Crippen LogP contribution in [0.25, 0.3) is 5.69 Å². The van der Waals surface area contributed by atoms with E-state index in [2.05, 4.69) is 15.6 Å². The molecule has 1 aliphatic carbocycles. The summed E-state index contributed by atoms with van der Waals surface area (Å²) in [5.41, 5.74) is 2.52. The molecule has 1 saturated carbocycles. The zero-order chi connectivity index (χ0) is 17.4. The Balaban J connectivity index is 0.00000196. The molecule has 3 aromatic rings. The summed E-state index contributed by atoms with van der Waals surface area (Å²) in [6.07, 6.45) is 2.75. The van der Waals surface area contributed by atoms with Crippen LogP contribution >= 0.6 is 24.0 Å². The summed E-state index contributed by atoms with van der Waals surface area (Å²) in [6.45, 7) is 0.568. The van der Waals surface area contributed by atoms with E-state index in [1.54, 1.807) is 22.9 Å². The maximum Gasteiger partial charge on any atom is 0.159 e. The number of nitrogens with one attached hydrogen (secondary N) is 1. The van der Waals surface area contributed by atoms with Gasteiger partial charge in [-0.05, 0) is 48.4 Å². The van der Waals surface area contributed by atoms with E-state index in [4.69, 9.17) is 11.6 Å². The van der Waals surface area contributed by atoms with Crippen LogP contribution in [0.2, 0.25) is 5.02 Å². The molecule has 2 aromatic carbocycles. The summed E-state index contributed by atoms with van der Waals surface area (Å²) >= 11 is 5.88. The molecule has 26 heavy (non-hydrogen) atoms. The van der Waals surface area contributed by atoms with E-state index in [0.717, 1.165) is 23.4 Å². The Morgan fingerprint density at radius 2 is 1.88 bits per heavy atom. The van der Waals surface area contributed by atoms with E-state index in [-0.39, 0.29) is 24.4 Å². The first kappa shape index (κ1) is 18.8. The highest BCUT2D eigenvalue weighted by Gasteiger charge is 2.38. The quantitative estimate of drug-likeness (QED) is 0.700. The van der Waals surface area contributed by atoms with Crippen molar-refractivity contribution >= 4 is 24.0 Å². The maximum atomic E-state index is 13.3. The van der Waals surface area contributed by atoms with Crippen LogP contribution in [0.5, 0.6) is 0 Å². The van der Waals surface area contributed by atoms with E-state index in [9.17, 15) is 8.78 Å². The topological polar surface area (TPSA) is 42.7 Å². The summed E-state index contributed by atoms with van der Waals surface area (Å²) in [5.74, 6) is -1.40. The second-order valence-electron chi connectivity index (χ2n) is 6.13. The molecule has 1 fully saturated rings. The number of nitrogens with zero attached hydrogens (tertiary/aromatic N) is 3. The normalized spacial score (nSPS) is 18.4. The molecule has 0 unspecified atom stereocenters. The lowest BCUT2D eigenvalue weighted by molar-refractivity contribution is 0.506. The third-order valence-electron chi connectivity index (χ3n) is 4.34. The fraction of sp³-hybridized carbons (Fsp3) is 0.222. The molecule has 4 nitrogen and oxygen atoms in total. The smallest absolute Gasteiger partial charge is 0.159 e. The molecule has 0 radical (unpaired) electrons. The number of halogens is 4. The van der Waals surface area contributed by atoms with Crippen molar-refractivity contribution in [2.75, 3.05) is 0 Å². The molecule has 0 saturated heterocycles. The summed E-state index contributed by atoms with van der Waals surface area (Å²) in [6, 6.07) is 11.7. The number of hydrogen-bond donors (Lipinski definition) is 1. The van der Waals surface area contributed by atoms with Gasteiger partial charge >= 0.3 is 0 Å². The van der Waals surface area contributed by atoms with Crippen LogP contribution in [0.4, 0.5) is 8.78 Å². The molecule has 4 rings (SSSR count). The van der Waals surface area contributed by atoms with Crippen LogP contribution in [0.3, 0.4) is 0 Å². The molecule has 2 atom stereocenters. The van der Waals surface area contributed by atoms with Gasteiger partial charge in [-0.15, -0.1) is 17.5 Å². The minimum atomic E-state index is -0.812. The predicted molar refractivity (Wildman–Crippen MR) is 98.0 cm³/mol. The molecule has 0 bridgehead atoms. The van der Waals surface area contributed by atoms with E-state index in [1.807, 2.05) is 18.3 Å². The summed E-state index contributed by atoms with van der Waals surface area (Å²) in [7, 11) is 0. The number of benzene rings is 2. The van der Waals surface area contributed by atoms with E-state index < -0.39 is 11.6 Å². The molecule has 0 amide bonds. The van der Waals surface area contributed by atoms with Crippen molar-refractivity contribution in [2.45, 2.75) is 24.9 Å². The van der Waals surface area contributed by atoms with Crippen molar-refractivity contribution in [1.82, 2.24) is 20.3 Å². The molecule has 0 spiro atoms. The van der Waals surface area contributed by atoms with Crippen molar-refractivity contribution in [1.29, 1.82) is 0 Å². The van der Waals surface area contributed by atoms with Gasteiger partial charge in [-0.1, -0.05) is 22.9 Å². The summed E-state index contributed by atoms with van der Waals surface area (Å²) in [4.78, 5) is 0. The SMILES string of the molecule is Cl.Fc1ccc([C@@H]2C[C@H]2NCc2cn(-c3ccc(Cl)cc3)nn2)cc1F. The average molecular weight is 397 g/mol. The Bertz CT molecular complexity index is 898. The van der Waals surface area contributed by atoms with Crippen LogP contribution in [-0.2, 0) is 6.54 Å². The van der Waals surface area contributed by atoms with Crippen molar-refractivity contribution in [3.05, 3.63) is 76.6 Å². The molecule has 1 N–H and O–H groups in total. The lowest BCUT2D eigenvalue weighted by Crippen LogP contribution is -2.17. The van der Waals surface area contributed by atoms with Crippen molar-refractivity contribution < 1.29 is 8.78 Å². The first-order chi connectivity index (χ1) is 12.1. The number of aromatic nitrogens is 3. The van der Waals surface area contributed by atoms with Crippen LogP contribution in [0, 0.1) is 11.6 Å². The Hall–Kier alpha value is -2.02. The Morgan fingerprint density at radius 3 is 2.62 bits per heavy atom. The monoisotopic (exact) mass is 396 g/mol. The highest BCUT2D eigenvalue weighted by atomic mass is 35.5. The van der Waals surface area contributed by atoms with Crippen molar-refractivity contribution in [3.63, 3.8) is 0 Å². The lowest BCUT2D eigenvalue weighted by Gasteiger charge is -2.03. The van der Waals surface area contributed by atoms with Gasteiger partial charge in [0.2, 0.25) is 0 Å². The number of hydrogen-bond acceptors (Lipinski definition) is 3. The van der Waals surface area contributed by atoms with Gasteiger partial charge in [0.25, 0.3) is 0 Å². The molecule has 0 aliphatic heterocycles. The molecular formula is C18H16Cl2F2N4. The zero-order valence-electron chi connectivity index (χ0n) is 13.6. The predicted octanol–water partition coefficient (Wildman–Crippen LogP) is 4.27. The van der Waals surface area contributed by atoms with Crippen LogP contribution < -0.4 is 5.32 Å². The zero-order valence-corrected chi connectivity index (χ0v) is 15.1. The first-order valence-electron chi connectivity index (χ1n) is 7.95.